The van der Waals surface area contributed by atoms with Gasteiger partial charge < -0.3 is 10.1 Å². The van der Waals surface area contributed by atoms with Crippen molar-refractivity contribution in [3.05, 3.63) is 82.6 Å². The monoisotopic (exact) mass is 435 g/mol. The minimum Gasteiger partial charge on any atom is -0.463 e. The van der Waals surface area contributed by atoms with Gasteiger partial charge in [0.05, 0.1) is 18.2 Å². The molecule has 32 heavy (non-hydrogen) atoms. The van der Waals surface area contributed by atoms with Crippen molar-refractivity contribution in [2.45, 2.75) is 39.3 Å². The summed E-state index contributed by atoms with van der Waals surface area (Å²) in [7, 11) is 3.67. The molecule has 0 saturated heterocycles. The first kappa shape index (κ1) is 23.5. The normalized spacial score (nSPS) is 16.5. The Morgan fingerprint density at radius 2 is 1.75 bits per heavy atom. The molecule has 0 aromatic heterocycles. The highest BCUT2D eigenvalue weighted by molar-refractivity contribution is 5.95. The maximum absolute atomic E-state index is 13.1. The zero-order chi connectivity index (χ0) is 23.3. The van der Waals surface area contributed by atoms with Crippen LogP contribution < -0.4 is 5.32 Å². The molecule has 1 N–H and O–H groups in total. The Hall–Kier alpha value is -3.12. The van der Waals surface area contributed by atoms with Crippen LogP contribution in [-0.2, 0) is 16.1 Å². The van der Waals surface area contributed by atoms with Crippen molar-refractivity contribution in [1.29, 1.82) is 0 Å². The van der Waals surface area contributed by atoms with Gasteiger partial charge in [-0.2, -0.15) is 0 Å². The average molecular weight is 436 g/mol. The van der Waals surface area contributed by atoms with Crippen LogP contribution in [0.3, 0.4) is 0 Å². The maximum atomic E-state index is 13.1. The molecule has 3 rings (SSSR count). The molecule has 170 valence electrons. The fourth-order valence-electron chi connectivity index (χ4n) is 3.93. The van der Waals surface area contributed by atoms with Crippen LogP contribution in [0, 0.1) is 0 Å². The predicted molar refractivity (Wildman–Crippen MR) is 126 cm³/mol. The summed E-state index contributed by atoms with van der Waals surface area (Å²) in [5.74, 6) is -0.00112. The Balaban J connectivity index is 1.99. The van der Waals surface area contributed by atoms with E-state index in [2.05, 4.69) is 48.3 Å². The van der Waals surface area contributed by atoms with E-state index in [1.807, 2.05) is 37.4 Å². The summed E-state index contributed by atoms with van der Waals surface area (Å²) < 4.78 is 5.42. The smallest absolute Gasteiger partial charge is 0.338 e. The second-order valence-corrected chi connectivity index (χ2v) is 8.50. The van der Waals surface area contributed by atoms with Gasteiger partial charge in [-0.05, 0) is 36.6 Å². The van der Waals surface area contributed by atoms with Crippen LogP contribution in [-0.4, -0.2) is 49.0 Å². The van der Waals surface area contributed by atoms with Gasteiger partial charge in [0, 0.05) is 25.8 Å². The standard InChI is InChI=1S/C26H33N3O3/c1-6-32-25(30)23-22(17-28(4)16-19-10-8-7-9-11-19)29(5)26(31)27-24(23)21-14-12-20(13-15-21)18(2)3/h7-15,18,24H,6,16-17H2,1-5H3,(H,27,31)/t24-/m1/s1. The largest absolute Gasteiger partial charge is 0.463 e. The number of hydrogen-bond acceptors (Lipinski definition) is 4. The van der Waals surface area contributed by atoms with E-state index in [0.717, 1.165) is 11.1 Å². The summed E-state index contributed by atoms with van der Waals surface area (Å²) in [5.41, 5.74) is 4.37. The van der Waals surface area contributed by atoms with Crippen LogP contribution in [0.4, 0.5) is 4.79 Å². The molecule has 0 radical (unpaired) electrons. The van der Waals surface area contributed by atoms with E-state index in [-0.39, 0.29) is 12.6 Å². The molecular weight excluding hydrogens is 402 g/mol. The van der Waals surface area contributed by atoms with Gasteiger partial charge in [-0.15, -0.1) is 0 Å². The first-order valence-electron chi connectivity index (χ1n) is 11.1. The summed E-state index contributed by atoms with van der Waals surface area (Å²) in [4.78, 5) is 29.5. The molecule has 2 aromatic carbocycles. The number of likely N-dealkylation sites (N-methyl/N-ethyl adjacent to an activating group) is 2. The number of nitrogens with one attached hydrogen (secondary N) is 1. The minimum absolute atomic E-state index is 0.237. The van der Waals surface area contributed by atoms with E-state index in [9.17, 15) is 9.59 Å². The number of rotatable bonds is 8. The summed E-state index contributed by atoms with van der Waals surface area (Å²) in [6.07, 6.45) is 0. The molecule has 0 fully saturated rings. The Morgan fingerprint density at radius 3 is 2.34 bits per heavy atom. The van der Waals surface area contributed by atoms with E-state index in [4.69, 9.17) is 4.74 Å². The van der Waals surface area contributed by atoms with Gasteiger partial charge in [-0.3, -0.25) is 9.80 Å². The van der Waals surface area contributed by atoms with Gasteiger partial charge >= 0.3 is 12.0 Å². The molecule has 2 aromatic rings. The fourth-order valence-corrected chi connectivity index (χ4v) is 3.93. The Kier molecular flexibility index (Phi) is 7.70. The van der Waals surface area contributed by atoms with E-state index in [1.165, 1.54) is 10.5 Å². The molecule has 0 aliphatic carbocycles. The van der Waals surface area contributed by atoms with Gasteiger partial charge in [-0.1, -0.05) is 68.4 Å². The number of carbonyl (C=O) groups is 2. The third kappa shape index (κ3) is 5.37. The molecule has 2 amide bonds. The van der Waals surface area contributed by atoms with E-state index >= 15 is 0 Å². The minimum atomic E-state index is -0.556. The molecule has 0 saturated carbocycles. The first-order chi connectivity index (χ1) is 15.3. The van der Waals surface area contributed by atoms with Crippen molar-refractivity contribution in [2.24, 2.45) is 0 Å². The van der Waals surface area contributed by atoms with E-state index < -0.39 is 12.0 Å². The average Bonchev–Trinajstić information content (AvgIpc) is 2.77. The number of carbonyl (C=O) groups excluding carboxylic acids is 2. The predicted octanol–water partition coefficient (Wildman–Crippen LogP) is 4.46. The molecule has 1 aliphatic rings. The second kappa shape index (κ2) is 10.5. The number of amides is 2. The zero-order valence-electron chi connectivity index (χ0n) is 19.6. The van der Waals surface area contributed by atoms with Crippen molar-refractivity contribution in [1.82, 2.24) is 15.1 Å². The van der Waals surface area contributed by atoms with Crippen molar-refractivity contribution in [3.63, 3.8) is 0 Å². The molecule has 0 unspecified atom stereocenters. The third-order valence-electron chi connectivity index (χ3n) is 5.72. The highest BCUT2D eigenvalue weighted by Gasteiger charge is 2.37. The van der Waals surface area contributed by atoms with Crippen molar-refractivity contribution in [2.75, 3.05) is 27.2 Å². The van der Waals surface area contributed by atoms with E-state index in [0.29, 0.717) is 30.3 Å². The first-order valence-corrected chi connectivity index (χ1v) is 11.1. The van der Waals surface area contributed by atoms with Crippen LogP contribution in [0.15, 0.2) is 65.9 Å². The molecular formula is C26H33N3O3. The van der Waals surface area contributed by atoms with Crippen LogP contribution in [0.5, 0.6) is 0 Å². The van der Waals surface area contributed by atoms with E-state index in [1.54, 1.807) is 14.0 Å². The number of urea groups is 1. The Morgan fingerprint density at radius 1 is 1.09 bits per heavy atom. The molecule has 6 nitrogen and oxygen atoms in total. The summed E-state index contributed by atoms with van der Waals surface area (Å²) in [6.45, 7) is 7.47. The Bertz CT molecular complexity index is 968. The highest BCUT2D eigenvalue weighted by atomic mass is 16.5. The van der Waals surface area contributed by atoms with Crippen LogP contribution in [0.1, 0.15) is 49.4 Å². The van der Waals surface area contributed by atoms with Crippen molar-refractivity contribution in [3.8, 4) is 0 Å². The van der Waals surface area contributed by atoms with Crippen LogP contribution in [0.2, 0.25) is 0 Å². The lowest BCUT2D eigenvalue weighted by Crippen LogP contribution is -2.49. The van der Waals surface area contributed by atoms with Gasteiger partial charge in [0.25, 0.3) is 0 Å². The van der Waals surface area contributed by atoms with Crippen molar-refractivity contribution < 1.29 is 14.3 Å². The van der Waals surface area contributed by atoms with Gasteiger partial charge in [0.2, 0.25) is 0 Å². The fraction of sp³-hybridized carbons (Fsp3) is 0.385. The SMILES string of the molecule is CCOC(=O)C1=C(CN(C)Cc2ccccc2)N(C)C(=O)N[C@@H]1c1ccc(C(C)C)cc1. The van der Waals surface area contributed by atoms with Gasteiger partial charge in [-0.25, -0.2) is 9.59 Å². The van der Waals surface area contributed by atoms with Crippen molar-refractivity contribution >= 4 is 12.0 Å². The number of nitrogens with zero attached hydrogens (tertiary/aromatic N) is 2. The Labute approximate surface area is 190 Å². The molecule has 1 atom stereocenters. The highest BCUT2D eigenvalue weighted by Crippen LogP contribution is 2.32. The van der Waals surface area contributed by atoms with Gasteiger partial charge in [0.15, 0.2) is 0 Å². The quantitative estimate of drug-likeness (QED) is 0.622. The molecule has 0 spiro atoms. The second-order valence-electron chi connectivity index (χ2n) is 8.50. The topological polar surface area (TPSA) is 61.9 Å². The summed E-state index contributed by atoms with van der Waals surface area (Å²) in [5, 5.41) is 2.98. The lowest BCUT2D eigenvalue weighted by Gasteiger charge is -2.36. The number of benzene rings is 2. The molecule has 0 bridgehead atoms. The summed E-state index contributed by atoms with van der Waals surface area (Å²) in [6, 6.07) is 17.4. The molecule has 1 heterocycles. The number of ether oxygens (including phenoxy) is 1. The lowest BCUT2D eigenvalue weighted by atomic mass is 9.92. The zero-order valence-corrected chi connectivity index (χ0v) is 19.6. The van der Waals surface area contributed by atoms with Gasteiger partial charge in [0.1, 0.15) is 0 Å². The number of esters is 1. The molecule has 1 aliphatic heterocycles. The van der Waals surface area contributed by atoms with Crippen LogP contribution >= 0.6 is 0 Å². The lowest BCUT2D eigenvalue weighted by molar-refractivity contribution is -0.139. The molecule has 6 heteroatoms. The number of hydrogen-bond donors (Lipinski definition) is 1. The van der Waals surface area contributed by atoms with Crippen LogP contribution in [0.25, 0.3) is 0 Å². The maximum Gasteiger partial charge on any atom is 0.338 e. The third-order valence-corrected chi connectivity index (χ3v) is 5.72. The summed E-state index contributed by atoms with van der Waals surface area (Å²) >= 11 is 0.